The first-order chi connectivity index (χ1) is 10.1. The number of benzene rings is 1. The minimum absolute atomic E-state index is 0.0194. The zero-order chi connectivity index (χ0) is 14.8. The molecule has 1 aliphatic carbocycles. The lowest BCUT2D eigenvalue weighted by atomic mass is 10.2. The smallest absolute Gasteiger partial charge is 0.251 e. The van der Waals surface area contributed by atoms with Crippen LogP contribution in [0.3, 0.4) is 0 Å². The van der Waals surface area contributed by atoms with Gasteiger partial charge in [-0.2, -0.15) is 0 Å². The molecule has 1 heterocycles. The van der Waals surface area contributed by atoms with Gasteiger partial charge in [0.25, 0.3) is 5.91 Å². The summed E-state index contributed by atoms with van der Waals surface area (Å²) < 4.78 is 0. The van der Waals surface area contributed by atoms with Gasteiger partial charge in [0.15, 0.2) is 0 Å². The second-order valence-electron chi connectivity index (χ2n) is 5.42. The fourth-order valence-electron chi connectivity index (χ4n) is 2.19. The van der Waals surface area contributed by atoms with E-state index in [0.717, 1.165) is 35.8 Å². The van der Waals surface area contributed by atoms with Gasteiger partial charge in [-0.3, -0.25) is 4.79 Å². The van der Waals surface area contributed by atoms with Gasteiger partial charge in [-0.1, -0.05) is 6.07 Å². The number of anilines is 1. The van der Waals surface area contributed by atoms with E-state index < -0.39 is 0 Å². The lowest BCUT2D eigenvalue weighted by Gasteiger charge is -2.08. The number of hydrogen-bond acceptors (Lipinski definition) is 4. The Hall–Kier alpha value is -1.88. The first-order valence-electron chi connectivity index (χ1n) is 7.19. The molecule has 0 radical (unpaired) electrons. The molecule has 4 nitrogen and oxygen atoms in total. The highest BCUT2D eigenvalue weighted by atomic mass is 32.1. The van der Waals surface area contributed by atoms with E-state index in [1.165, 1.54) is 4.88 Å². The Bertz CT molecular complexity index is 661. The molecule has 1 aromatic heterocycles. The normalized spacial score (nSPS) is 14.0. The van der Waals surface area contributed by atoms with Gasteiger partial charge in [0.2, 0.25) is 0 Å². The van der Waals surface area contributed by atoms with Gasteiger partial charge in [0.05, 0.1) is 17.2 Å². The minimum atomic E-state index is 0.0194. The van der Waals surface area contributed by atoms with E-state index in [4.69, 9.17) is 0 Å². The highest BCUT2D eigenvalue weighted by Gasteiger charge is 2.23. The van der Waals surface area contributed by atoms with E-state index >= 15 is 0 Å². The molecule has 0 spiro atoms. The molecule has 1 aliphatic rings. The van der Waals surface area contributed by atoms with Crippen LogP contribution in [0.15, 0.2) is 24.3 Å². The average Bonchev–Trinajstić information content (AvgIpc) is 3.21. The topological polar surface area (TPSA) is 54.0 Å². The first kappa shape index (κ1) is 14.1. The van der Waals surface area contributed by atoms with Crippen LogP contribution < -0.4 is 10.6 Å². The summed E-state index contributed by atoms with van der Waals surface area (Å²) in [5.74, 6) is 0.0194. The lowest BCUT2D eigenvalue weighted by Crippen LogP contribution is -2.25. The van der Waals surface area contributed by atoms with Gasteiger partial charge in [0.1, 0.15) is 0 Å². The summed E-state index contributed by atoms with van der Waals surface area (Å²) in [5.41, 5.74) is 2.75. The number of thiazole rings is 1. The van der Waals surface area contributed by atoms with Crippen LogP contribution in [-0.4, -0.2) is 16.9 Å². The van der Waals surface area contributed by atoms with Crippen molar-refractivity contribution in [2.45, 2.75) is 39.3 Å². The van der Waals surface area contributed by atoms with E-state index in [-0.39, 0.29) is 5.91 Å². The number of aryl methyl sites for hydroxylation is 2. The molecular weight excluding hydrogens is 282 g/mol. The summed E-state index contributed by atoms with van der Waals surface area (Å²) in [7, 11) is 0. The first-order valence-corrected chi connectivity index (χ1v) is 8.01. The third-order valence-electron chi connectivity index (χ3n) is 3.49. The largest absolute Gasteiger partial charge is 0.380 e. The number of aromatic nitrogens is 1. The maximum Gasteiger partial charge on any atom is 0.251 e. The van der Waals surface area contributed by atoms with Crippen molar-refractivity contribution in [2.24, 2.45) is 0 Å². The number of rotatable bonds is 5. The molecule has 0 atom stereocenters. The molecule has 110 valence electrons. The Morgan fingerprint density at radius 1 is 1.38 bits per heavy atom. The summed E-state index contributed by atoms with van der Waals surface area (Å²) in [6.07, 6.45) is 2.21. The highest BCUT2D eigenvalue weighted by Crippen LogP contribution is 2.21. The molecular formula is C16H19N3OS. The quantitative estimate of drug-likeness (QED) is 0.891. The second kappa shape index (κ2) is 5.85. The highest BCUT2D eigenvalue weighted by molar-refractivity contribution is 7.11. The molecule has 2 N–H and O–H groups in total. The molecule has 0 aliphatic heterocycles. The van der Waals surface area contributed by atoms with E-state index in [1.807, 2.05) is 38.1 Å². The minimum Gasteiger partial charge on any atom is -0.380 e. The lowest BCUT2D eigenvalue weighted by molar-refractivity contribution is 0.0951. The van der Waals surface area contributed by atoms with E-state index in [1.54, 1.807) is 11.3 Å². The van der Waals surface area contributed by atoms with Crippen molar-refractivity contribution in [3.63, 3.8) is 0 Å². The molecule has 3 rings (SSSR count). The molecule has 1 saturated carbocycles. The zero-order valence-electron chi connectivity index (χ0n) is 12.3. The number of hydrogen-bond donors (Lipinski definition) is 2. The molecule has 1 fully saturated rings. The van der Waals surface area contributed by atoms with Gasteiger partial charge in [-0.05, 0) is 44.9 Å². The Balaban J connectivity index is 1.65. The fourth-order valence-corrected chi connectivity index (χ4v) is 3.06. The fraction of sp³-hybridized carbons (Fsp3) is 0.375. The summed E-state index contributed by atoms with van der Waals surface area (Å²) in [6.45, 7) is 4.79. The van der Waals surface area contributed by atoms with Crippen LogP contribution in [0.2, 0.25) is 0 Å². The molecule has 1 aromatic carbocycles. The molecule has 0 bridgehead atoms. The summed E-state index contributed by atoms with van der Waals surface area (Å²) in [5, 5.41) is 7.46. The Morgan fingerprint density at radius 2 is 2.19 bits per heavy atom. The zero-order valence-corrected chi connectivity index (χ0v) is 13.1. The summed E-state index contributed by atoms with van der Waals surface area (Å²) in [6, 6.07) is 8.04. The van der Waals surface area contributed by atoms with Crippen molar-refractivity contribution in [3.05, 3.63) is 45.4 Å². The number of carbonyl (C=O) groups excluding carboxylic acids is 1. The Labute approximate surface area is 128 Å². The summed E-state index contributed by atoms with van der Waals surface area (Å²) >= 11 is 1.71. The van der Waals surface area contributed by atoms with E-state index in [0.29, 0.717) is 11.6 Å². The number of amides is 1. The average molecular weight is 301 g/mol. The Kier molecular flexibility index (Phi) is 3.92. The van der Waals surface area contributed by atoms with Crippen LogP contribution >= 0.6 is 11.3 Å². The van der Waals surface area contributed by atoms with Crippen LogP contribution in [0.5, 0.6) is 0 Å². The van der Waals surface area contributed by atoms with Gasteiger partial charge >= 0.3 is 0 Å². The van der Waals surface area contributed by atoms with Gasteiger partial charge in [0, 0.05) is 22.2 Å². The standard InChI is InChI=1S/C16H19N3OS/c1-10-15(21-11(2)18-10)9-17-14-5-3-4-12(8-14)16(20)19-13-6-7-13/h3-5,8,13,17H,6-7,9H2,1-2H3,(H,19,20). The number of nitrogens with one attached hydrogen (secondary N) is 2. The van der Waals surface area contributed by atoms with Gasteiger partial charge in [-0.25, -0.2) is 4.98 Å². The van der Waals surface area contributed by atoms with Crippen LogP contribution in [0.4, 0.5) is 5.69 Å². The van der Waals surface area contributed by atoms with Crippen molar-refractivity contribution in [3.8, 4) is 0 Å². The predicted octanol–water partition coefficient (Wildman–Crippen LogP) is 3.26. The monoisotopic (exact) mass is 301 g/mol. The van der Waals surface area contributed by atoms with E-state index in [9.17, 15) is 4.79 Å². The van der Waals surface area contributed by atoms with Crippen molar-refractivity contribution >= 4 is 22.9 Å². The van der Waals surface area contributed by atoms with Crippen LogP contribution in [0.25, 0.3) is 0 Å². The SMILES string of the molecule is Cc1nc(C)c(CNc2cccc(C(=O)NC3CC3)c2)s1. The summed E-state index contributed by atoms with van der Waals surface area (Å²) in [4.78, 5) is 17.7. The molecule has 1 amide bonds. The molecule has 5 heteroatoms. The van der Waals surface area contributed by atoms with Crippen molar-refractivity contribution < 1.29 is 4.79 Å². The molecule has 0 saturated heterocycles. The van der Waals surface area contributed by atoms with Crippen molar-refractivity contribution in [1.29, 1.82) is 0 Å². The van der Waals surface area contributed by atoms with Gasteiger partial charge in [-0.15, -0.1) is 11.3 Å². The number of nitrogens with zero attached hydrogens (tertiary/aromatic N) is 1. The van der Waals surface area contributed by atoms with Crippen molar-refractivity contribution in [1.82, 2.24) is 10.3 Å². The third kappa shape index (κ3) is 3.61. The number of carbonyl (C=O) groups is 1. The predicted molar refractivity (Wildman–Crippen MR) is 85.8 cm³/mol. The van der Waals surface area contributed by atoms with E-state index in [2.05, 4.69) is 15.6 Å². The van der Waals surface area contributed by atoms with Crippen LogP contribution in [0, 0.1) is 13.8 Å². The molecule has 0 unspecified atom stereocenters. The van der Waals surface area contributed by atoms with Crippen LogP contribution in [0.1, 0.15) is 38.8 Å². The Morgan fingerprint density at radius 3 is 2.86 bits per heavy atom. The molecule has 2 aromatic rings. The van der Waals surface area contributed by atoms with Crippen molar-refractivity contribution in [2.75, 3.05) is 5.32 Å². The third-order valence-corrected chi connectivity index (χ3v) is 4.56. The van der Waals surface area contributed by atoms with Crippen LogP contribution in [-0.2, 0) is 6.54 Å². The maximum absolute atomic E-state index is 12.0. The molecule has 21 heavy (non-hydrogen) atoms. The van der Waals surface area contributed by atoms with Gasteiger partial charge < -0.3 is 10.6 Å². The second-order valence-corrected chi connectivity index (χ2v) is 6.71. The maximum atomic E-state index is 12.0.